The van der Waals surface area contributed by atoms with Crippen LogP contribution in [0, 0.1) is 0 Å². The number of halogens is 1. The smallest absolute Gasteiger partial charge is 0.307 e. The van der Waals surface area contributed by atoms with Crippen molar-refractivity contribution in [1.29, 1.82) is 0 Å². The fraction of sp³-hybridized carbons (Fsp3) is 0.312. The van der Waals surface area contributed by atoms with E-state index in [-0.39, 0.29) is 31.4 Å². The predicted octanol–water partition coefficient (Wildman–Crippen LogP) is 3.03. The molecule has 0 saturated carbocycles. The van der Waals surface area contributed by atoms with E-state index in [4.69, 9.17) is 9.15 Å². The summed E-state index contributed by atoms with van der Waals surface area (Å²) < 4.78 is 10.9. The summed E-state index contributed by atoms with van der Waals surface area (Å²) >= 11 is 3.30. The molecule has 122 valence electrons. The number of pyridine rings is 1. The van der Waals surface area contributed by atoms with Crippen molar-refractivity contribution in [3.63, 3.8) is 0 Å². The van der Waals surface area contributed by atoms with Crippen LogP contribution in [0.15, 0.2) is 45.7 Å². The minimum atomic E-state index is -0.336. The van der Waals surface area contributed by atoms with Crippen LogP contribution in [-0.4, -0.2) is 34.9 Å². The fourth-order valence-electron chi connectivity index (χ4n) is 2.01. The van der Waals surface area contributed by atoms with Gasteiger partial charge in [0.1, 0.15) is 5.76 Å². The van der Waals surface area contributed by atoms with Crippen molar-refractivity contribution in [2.45, 2.75) is 19.9 Å². The van der Waals surface area contributed by atoms with E-state index in [1.165, 1.54) is 6.20 Å². The van der Waals surface area contributed by atoms with Crippen LogP contribution < -0.4 is 0 Å². The number of hydrogen-bond acceptors (Lipinski definition) is 5. The Morgan fingerprint density at radius 3 is 2.87 bits per heavy atom. The third-order valence-corrected chi connectivity index (χ3v) is 3.49. The molecule has 0 spiro atoms. The zero-order chi connectivity index (χ0) is 16.7. The number of aromatic nitrogens is 1. The van der Waals surface area contributed by atoms with Crippen LogP contribution in [0.4, 0.5) is 0 Å². The molecular weight excluding hydrogens is 364 g/mol. The first kappa shape index (κ1) is 17.2. The number of ether oxygens (including phenoxy) is 1. The van der Waals surface area contributed by atoms with Gasteiger partial charge >= 0.3 is 5.97 Å². The number of carbonyl (C=O) groups is 2. The SMILES string of the molecule is CCOC(=O)CCN(Cc1ccco1)C(=O)c1cncc(Br)c1. The van der Waals surface area contributed by atoms with Gasteiger partial charge in [0.15, 0.2) is 0 Å². The van der Waals surface area contributed by atoms with Crippen LogP contribution >= 0.6 is 15.9 Å². The molecule has 2 heterocycles. The van der Waals surface area contributed by atoms with Gasteiger partial charge < -0.3 is 14.1 Å². The molecule has 0 atom stereocenters. The van der Waals surface area contributed by atoms with Crippen molar-refractivity contribution in [3.8, 4) is 0 Å². The summed E-state index contributed by atoms with van der Waals surface area (Å²) in [6, 6.07) is 5.22. The lowest BCUT2D eigenvalue weighted by molar-refractivity contribution is -0.143. The van der Waals surface area contributed by atoms with Gasteiger partial charge in [0.25, 0.3) is 5.91 Å². The predicted molar refractivity (Wildman–Crippen MR) is 86.6 cm³/mol. The van der Waals surface area contributed by atoms with Gasteiger partial charge in [-0.25, -0.2) is 0 Å². The van der Waals surface area contributed by atoms with Gasteiger partial charge in [0.2, 0.25) is 0 Å². The van der Waals surface area contributed by atoms with Crippen molar-refractivity contribution >= 4 is 27.8 Å². The second-order valence-corrected chi connectivity index (χ2v) is 5.67. The van der Waals surface area contributed by atoms with E-state index in [1.807, 2.05) is 0 Å². The third kappa shape index (κ3) is 5.21. The van der Waals surface area contributed by atoms with Crippen molar-refractivity contribution in [2.75, 3.05) is 13.2 Å². The first-order chi connectivity index (χ1) is 11.1. The van der Waals surface area contributed by atoms with E-state index in [9.17, 15) is 9.59 Å². The molecule has 2 aromatic rings. The molecule has 0 saturated heterocycles. The monoisotopic (exact) mass is 380 g/mol. The molecule has 0 N–H and O–H groups in total. The zero-order valence-electron chi connectivity index (χ0n) is 12.7. The maximum atomic E-state index is 12.7. The van der Waals surface area contributed by atoms with Crippen molar-refractivity contribution in [1.82, 2.24) is 9.88 Å². The molecule has 0 unspecified atom stereocenters. The lowest BCUT2D eigenvalue weighted by Gasteiger charge is -2.21. The zero-order valence-corrected chi connectivity index (χ0v) is 14.3. The van der Waals surface area contributed by atoms with Crippen LogP contribution in [0.25, 0.3) is 0 Å². The maximum Gasteiger partial charge on any atom is 0.307 e. The molecule has 2 rings (SSSR count). The number of nitrogens with zero attached hydrogens (tertiary/aromatic N) is 2. The Hall–Kier alpha value is -2.15. The summed E-state index contributed by atoms with van der Waals surface area (Å²) in [6.45, 7) is 2.58. The molecule has 1 amide bonds. The van der Waals surface area contributed by atoms with E-state index >= 15 is 0 Å². The average molecular weight is 381 g/mol. The number of amides is 1. The van der Waals surface area contributed by atoms with Gasteiger partial charge in [-0.05, 0) is 41.1 Å². The normalized spacial score (nSPS) is 10.3. The lowest BCUT2D eigenvalue weighted by atomic mass is 10.2. The summed E-state index contributed by atoms with van der Waals surface area (Å²) in [5, 5.41) is 0. The van der Waals surface area contributed by atoms with Crippen LogP contribution in [0.3, 0.4) is 0 Å². The third-order valence-electron chi connectivity index (χ3n) is 3.06. The van der Waals surface area contributed by atoms with Crippen LogP contribution in [0.2, 0.25) is 0 Å². The molecule has 0 aliphatic rings. The second-order valence-electron chi connectivity index (χ2n) is 4.75. The number of esters is 1. The Morgan fingerprint density at radius 2 is 2.22 bits per heavy atom. The van der Waals surface area contributed by atoms with Crippen LogP contribution in [0.5, 0.6) is 0 Å². The molecule has 6 nitrogen and oxygen atoms in total. The summed E-state index contributed by atoms with van der Waals surface area (Å²) in [6.07, 6.45) is 4.77. The van der Waals surface area contributed by atoms with Gasteiger partial charge in [-0.2, -0.15) is 0 Å². The summed E-state index contributed by atoms with van der Waals surface area (Å²) in [5.74, 6) is 0.0850. The summed E-state index contributed by atoms with van der Waals surface area (Å²) in [7, 11) is 0. The highest BCUT2D eigenvalue weighted by molar-refractivity contribution is 9.10. The van der Waals surface area contributed by atoms with Crippen molar-refractivity contribution in [2.24, 2.45) is 0 Å². The van der Waals surface area contributed by atoms with E-state index in [0.29, 0.717) is 22.4 Å². The molecule has 0 fully saturated rings. The minimum Gasteiger partial charge on any atom is -0.467 e. The maximum absolute atomic E-state index is 12.7. The van der Waals surface area contributed by atoms with Gasteiger partial charge in [0.05, 0.1) is 31.4 Å². The molecule has 7 heteroatoms. The Kier molecular flexibility index (Phi) is 6.34. The first-order valence-electron chi connectivity index (χ1n) is 7.18. The Morgan fingerprint density at radius 1 is 1.39 bits per heavy atom. The minimum absolute atomic E-state index is 0.127. The van der Waals surface area contributed by atoms with E-state index < -0.39 is 0 Å². The number of carbonyl (C=O) groups excluding carboxylic acids is 2. The van der Waals surface area contributed by atoms with E-state index in [1.54, 1.807) is 42.5 Å². The second kappa shape index (κ2) is 8.47. The van der Waals surface area contributed by atoms with Gasteiger partial charge in [0, 0.05) is 23.4 Å². The number of rotatable bonds is 7. The molecule has 0 aromatic carbocycles. The molecule has 0 aliphatic heterocycles. The molecule has 23 heavy (non-hydrogen) atoms. The Bertz CT molecular complexity index is 658. The highest BCUT2D eigenvalue weighted by Gasteiger charge is 2.19. The van der Waals surface area contributed by atoms with Crippen LogP contribution in [0.1, 0.15) is 29.5 Å². The molecule has 2 aromatic heterocycles. The van der Waals surface area contributed by atoms with Gasteiger partial charge in [-0.15, -0.1) is 0 Å². The number of furan rings is 1. The van der Waals surface area contributed by atoms with E-state index in [0.717, 1.165) is 0 Å². The van der Waals surface area contributed by atoms with Gasteiger partial charge in [-0.3, -0.25) is 14.6 Å². The first-order valence-corrected chi connectivity index (χ1v) is 7.97. The quantitative estimate of drug-likeness (QED) is 0.690. The molecule has 0 radical (unpaired) electrons. The highest BCUT2D eigenvalue weighted by atomic mass is 79.9. The van der Waals surface area contributed by atoms with Crippen molar-refractivity contribution < 1.29 is 18.7 Å². The topological polar surface area (TPSA) is 72.6 Å². The summed E-state index contributed by atoms with van der Waals surface area (Å²) in [4.78, 5) is 29.8. The molecule has 0 bridgehead atoms. The number of hydrogen-bond donors (Lipinski definition) is 0. The Balaban J connectivity index is 2.11. The highest BCUT2D eigenvalue weighted by Crippen LogP contribution is 2.14. The standard InChI is InChI=1S/C16H17BrN2O4/c1-2-22-15(20)5-6-19(11-14-4-3-7-23-14)16(21)12-8-13(17)10-18-9-12/h3-4,7-10H,2,5-6,11H2,1H3. The van der Waals surface area contributed by atoms with Crippen molar-refractivity contribution in [3.05, 3.63) is 52.7 Å². The average Bonchev–Trinajstić information content (AvgIpc) is 3.04. The largest absolute Gasteiger partial charge is 0.467 e. The molecular formula is C16H17BrN2O4. The Labute approximate surface area is 142 Å². The lowest BCUT2D eigenvalue weighted by Crippen LogP contribution is -2.32. The summed E-state index contributed by atoms with van der Waals surface area (Å²) in [5.41, 5.74) is 0.440. The van der Waals surface area contributed by atoms with Gasteiger partial charge in [-0.1, -0.05) is 0 Å². The van der Waals surface area contributed by atoms with Crippen LogP contribution in [-0.2, 0) is 16.1 Å². The fourth-order valence-corrected chi connectivity index (χ4v) is 2.38. The molecule has 0 aliphatic carbocycles. The van der Waals surface area contributed by atoms with E-state index in [2.05, 4.69) is 20.9 Å².